The first-order valence-electron chi connectivity index (χ1n) is 5.36. The van der Waals surface area contributed by atoms with Crippen LogP contribution in [-0.2, 0) is 4.74 Å². The summed E-state index contributed by atoms with van der Waals surface area (Å²) in [5.74, 6) is 0.333. The van der Waals surface area contributed by atoms with E-state index in [-0.39, 0.29) is 17.2 Å². The Morgan fingerprint density at radius 3 is 2.69 bits per heavy atom. The number of carbonyl (C=O) groups excluding carboxylic acids is 1. The minimum absolute atomic E-state index is 0.0642. The lowest BCUT2D eigenvalue weighted by Crippen LogP contribution is -2.28. The number of hydrogen-bond donors (Lipinski definition) is 1. The van der Waals surface area contributed by atoms with Gasteiger partial charge in [0.1, 0.15) is 5.76 Å². The maximum Gasteiger partial charge on any atom is 0.373 e. The van der Waals surface area contributed by atoms with Gasteiger partial charge in [-0.15, -0.1) is 0 Å². The highest BCUT2D eigenvalue weighted by Gasteiger charge is 2.28. The summed E-state index contributed by atoms with van der Waals surface area (Å²) in [6.45, 7) is 6.21. The average Bonchev–Trinajstić information content (AvgIpc) is 2.76. The topological polar surface area (TPSA) is 65.5 Å². The molecule has 1 unspecified atom stereocenters. The van der Waals surface area contributed by atoms with Crippen LogP contribution < -0.4 is 5.73 Å². The van der Waals surface area contributed by atoms with Crippen LogP contribution in [0.5, 0.6) is 0 Å². The summed E-state index contributed by atoms with van der Waals surface area (Å²) >= 11 is 0. The molecule has 0 saturated heterocycles. The molecule has 4 heteroatoms. The van der Waals surface area contributed by atoms with E-state index in [1.165, 1.54) is 7.11 Å². The molecule has 0 aliphatic carbocycles. The second-order valence-corrected chi connectivity index (χ2v) is 4.51. The van der Waals surface area contributed by atoms with Crippen LogP contribution >= 0.6 is 0 Å². The van der Waals surface area contributed by atoms with Crippen molar-refractivity contribution in [3.05, 3.63) is 23.7 Å². The van der Waals surface area contributed by atoms with Crippen molar-refractivity contribution < 1.29 is 13.9 Å². The van der Waals surface area contributed by atoms with Crippen LogP contribution in [0.3, 0.4) is 0 Å². The zero-order valence-electron chi connectivity index (χ0n) is 10.2. The van der Waals surface area contributed by atoms with E-state index in [4.69, 9.17) is 10.2 Å². The zero-order valence-corrected chi connectivity index (χ0v) is 10.2. The van der Waals surface area contributed by atoms with Crippen molar-refractivity contribution >= 4 is 5.97 Å². The molecule has 1 atom stereocenters. The molecule has 0 aliphatic rings. The lowest BCUT2D eigenvalue weighted by atomic mass is 9.81. The third-order valence-electron chi connectivity index (χ3n) is 3.07. The van der Waals surface area contributed by atoms with Gasteiger partial charge in [0.2, 0.25) is 5.76 Å². The van der Waals surface area contributed by atoms with E-state index in [2.05, 4.69) is 25.5 Å². The number of ether oxygens (including phenoxy) is 1. The van der Waals surface area contributed by atoms with E-state index in [1.807, 2.05) is 0 Å². The van der Waals surface area contributed by atoms with Gasteiger partial charge in [0.05, 0.1) is 13.2 Å². The fraction of sp³-hybridized carbons (Fsp3) is 0.583. The average molecular weight is 225 g/mol. The number of carbonyl (C=O) groups is 1. The summed E-state index contributed by atoms with van der Waals surface area (Å²) in [6, 6.07) is 3.09. The fourth-order valence-corrected chi connectivity index (χ4v) is 1.34. The second-order valence-electron chi connectivity index (χ2n) is 4.51. The molecule has 0 spiro atoms. The Bertz CT molecular complexity index is 368. The van der Waals surface area contributed by atoms with Gasteiger partial charge in [-0.3, -0.25) is 0 Å². The van der Waals surface area contributed by atoms with Gasteiger partial charge in [0, 0.05) is 0 Å². The predicted molar refractivity (Wildman–Crippen MR) is 61.0 cm³/mol. The molecule has 1 rings (SSSR count). The van der Waals surface area contributed by atoms with Crippen molar-refractivity contribution in [3.8, 4) is 0 Å². The summed E-state index contributed by atoms with van der Waals surface area (Å²) in [4.78, 5) is 11.2. The van der Waals surface area contributed by atoms with E-state index in [9.17, 15) is 4.79 Å². The van der Waals surface area contributed by atoms with Crippen molar-refractivity contribution in [2.24, 2.45) is 11.1 Å². The number of methoxy groups -OCH3 is 1. The van der Waals surface area contributed by atoms with Gasteiger partial charge in [-0.25, -0.2) is 4.79 Å². The first-order chi connectivity index (χ1) is 7.42. The first-order valence-corrected chi connectivity index (χ1v) is 5.36. The van der Waals surface area contributed by atoms with Crippen LogP contribution in [0, 0.1) is 5.41 Å². The van der Waals surface area contributed by atoms with Gasteiger partial charge in [0.15, 0.2) is 0 Å². The van der Waals surface area contributed by atoms with Crippen LogP contribution in [0.4, 0.5) is 0 Å². The van der Waals surface area contributed by atoms with Crippen molar-refractivity contribution in [2.75, 3.05) is 7.11 Å². The SMILES string of the molecule is CCC(C)(C)C(N)c1ccc(C(=O)OC)o1. The minimum atomic E-state index is -0.479. The lowest BCUT2D eigenvalue weighted by Gasteiger charge is -2.28. The van der Waals surface area contributed by atoms with Crippen LogP contribution in [-0.4, -0.2) is 13.1 Å². The normalized spacial score (nSPS) is 13.6. The van der Waals surface area contributed by atoms with E-state index in [0.29, 0.717) is 5.76 Å². The predicted octanol–water partition coefficient (Wildman–Crippen LogP) is 2.50. The minimum Gasteiger partial charge on any atom is -0.463 e. The Balaban J connectivity index is 2.90. The molecule has 0 amide bonds. The molecule has 0 saturated carbocycles. The second kappa shape index (κ2) is 4.70. The highest BCUT2D eigenvalue weighted by molar-refractivity contribution is 5.86. The standard InChI is InChI=1S/C12H19NO3/c1-5-12(2,3)10(13)8-6-7-9(16-8)11(14)15-4/h6-7,10H,5,13H2,1-4H3. The molecule has 0 aromatic carbocycles. The third-order valence-corrected chi connectivity index (χ3v) is 3.07. The molecule has 0 aliphatic heterocycles. The Morgan fingerprint density at radius 1 is 1.56 bits per heavy atom. The molecule has 4 nitrogen and oxygen atoms in total. The molecule has 0 fully saturated rings. The Kier molecular flexibility index (Phi) is 3.75. The summed E-state index contributed by atoms with van der Waals surface area (Å²) in [6.07, 6.45) is 0.933. The summed E-state index contributed by atoms with van der Waals surface area (Å²) in [5, 5.41) is 0. The molecule has 0 bridgehead atoms. The largest absolute Gasteiger partial charge is 0.463 e. The van der Waals surface area contributed by atoms with Crippen LogP contribution in [0.1, 0.15) is 49.5 Å². The number of esters is 1. The van der Waals surface area contributed by atoms with Crippen molar-refractivity contribution in [3.63, 3.8) is 0 Å². The highest BCUT2D eigenvalue weighted by atomic mass is 16.5. The Morgan fingerprint density at radius 2 is 2.19 bits per heavy atom. The Hall–Kier alpha value is -1.29. The smallest absolute Gasteiger partial charge is 0.373 e. The fourth-order valence-electron chi connectivity index (χ4n) is 1.34. The molecule has 16 heavy (non-hydrogen) atoms. The summed E-state index contributed by atoms with van der Waals surface area (Å²) in [7, 11) is 1.32. The van der Waals surface area contributed by atoms with Gasteiger partial charge in [-0.1, -0.05) is 20.8 Å². The molecular formula is C12H19NO3. The lowest BCUT2D eigenvalue weighted by molar-refractivity contribution is 0.0560. The van der Waals surface area contributed by atoms with Crippen LogP contribution in [0.15, 0.2) is 16.5 Å². The van der Waals surface area contributed by atoms with E-state index >= 15 is 0 Å². The van der Waals surface area contributed by atoms with E-state index < -0.39 is 5.97 Å². The molecule has 2 N–H and O–H groups in total. The van der Waals surface area contributed by atoms with E-state index in [1.54, 1.807) is 12.1 Å². The summed E-state index contributed by atoms with van der Waals surface area (Å²) in [5.41, 5.74) is 6.03. The molecule has 90 valence electrons. The monoisotopic (exact) mass is 225 g/mol. The van der Waals surface area contributed by atoms with Gasteiger partial charge in [-0.05, 0) is 24.0 Å². The summed E-state index contributed by atoms with van der Waals surface area (Å²) < 4.78 is 9.95. The van der Waals surface area contributed by atoms with Crippen LogP contribution in [0.25, 0.3) is 0 Å². The number of hydrogen-bond acceptors (Lipinski definition) is 4. The highest BCUT2D eigenvalue weighted by Crippen LogP contribution is 2.34. The maximum absolute atomic E-state index is 11.2. The van der Waals surface area contributed by atoms with Gasteiger partial charge < -0.3 is 14.9 Å². The van der Waals surface area contributed by atoms with Gasteiger partial charge >= 0.3 is 5.97 Å². The van der Waals surface area contributed by atoms with Crippen molar-refractivity contribution in [1.82, 2.24) is 0 Å². The molecule has 1 heterocycles. The number of rotatable bonds is 4. The first kappa shape index (κ1) is 12.8. The molecule has 1 aromatic heterocycles. The maximum atomic E-state index is 11.2. The number of furan rings is 1. The Labute approximate surface area is 95.8 Å². The van der Waals surface area contributed by atoms with Gasteiger partial charge in [0.25, 0.3) is 0 Å². The van der Waals surface area contributed by atoms with Crippen molar-refractivity contribution in [1.29, 1.82) is 0 Å². The molecule has 1 aromatic rings. The number of nitrogens with two attached hydrogens (primary N) is 1. The van der Waals surface area contributed by atoms with Crippen LogP contribution in [0.2, 0.25) is 0 Å². The molecular weight excluding hydrogens is 206 g/mol. The quantitative estimate of drug-likeness (QED) is 0.799. The molecule has 0 radical (unpaired) electrons. The van der Waals surface area contributed by atoms with Crippen molar-refractivity contribution in [2.45, 2.75) is 33.2 Å². The van der Waals surface area contributed by atoms with Gasteiger partial charge in [-0.2, -0.15) is 0 Å². The zero-order chi connectivity index (χ0) is 12.3. The van der Waals surface area contributed by atoms with E-state index in [0.717, 1.165) is 6.42 Å². The third kappa shape index (κ3) is 2.44.